The van der Waals surface area contributed by atoms with Crippen LogP contribution < -0.4 is 0 Å². The number of hydrogen-bond acceptors (Lipinski definition) is 6. The zero-order valence-electron chi connectivity index (χ0n) is 13.6. The van der Waals surface area contributed by atoms with Gasteiger partial charge in [0.2, 0.25) is 17.7 Å². The number of thiophene rings is 1. The second-order valence-corrected chi connectivity index (χ2v) is 6.84. The Morgan fingerprint density at radius 1 is 1.39 bits per heavy atom. The molecular formula is C16H21N3O3S. The molecule has 7 heteroatoms. The van der Waals surface area contributed by atoms with Gasteiger partial charge in [0.15, 0.2) is 6.10 Å². The summed E-state index contributed by atoms with van der Waals surface area (Å²) in [5.41, 5.74) is 1.06. The van der Waals surface area contributed by atoms with Gasteiger partial charge in [0, 0.05) is 12.5 Å². The molecule has 0 aliphatic carbocycles. The first-order valence-electron chi connectivity index (χ1n) is 7.82. The Hall–Kier alpha value is -1.73. The first-order valence-corrected chi connectivity index (χ1v) is 8.76. The van der Waals surface area contributed by atoms with Crippen molar-refractivity contribution in [3.8, 4) is 0 Å². The second-order valence-electron chi connectivity index (χ2n) is 6.06. The van der Waals surface area contributed by atoms with Crippen LogP contribution in [0.2, 0.25) is 0 Å². The van der Waals surface area contributed by atoms with E-state index in [4.69, 9.17) is 9.15 Å². The van der Waals surface area contributed by atoms with Gasteiger partial charge < -0.3 is 14.1 Å². The number of ether oxygens (including phenoxy) is 1. The van der Waals surface area contributed by atoms with Crippen molar-refractivity contribution in [2.24, 2.45) is 0 Å². The third kappa shape index (κ3) is 3.45. The molecule has 0 unspecified atom stereocenters. The largest absolute Gasteiger partial charge is 0.422 e. The molecule has 0 N–H and O–H groups in total. The van der Waals surface area contributed by atoms with Crippen LogP contribution in [-0.4, -0.2) is 40.7 Å². The molecule has 3 rings (SSSR count). The molecule has 0 radical (unpaired) electrons. The van der Waals surface area contributed by atoms with E-state index >= 15 is 0 Å². The smallest absolute Gasteiger partial charge is 0.247 e. The SMILES string of the molecule is CC(C)c1nnc([C@@H]2CN(C(=O)[C@H](C)c3ccsc3)CCO2)o1. The van der Waals surface area contributed by atoms with E-state index < -0.39 is 0 Å². The summed E-state index contributed by atoms with van der Waals surface area (Å²) >= 11 is 1.61. The fraction of sp³-hybridized carbons (Fsp3) is 0.562. The number of morpholine rings is 1. The maximum absolute atomic E-state index is 12.7. The number of carbonyl (C=O) groups excluding carboxylic acids is 1. The average Bonchev–Trinajstić information content (AvgIpc) is 3.25. The number of nitrogens with zero attached hydrogens (tertiary/aromatic N) is 3. The van der Waals surface area contributed by atoms with Crippen LogP contribution in [0.15, 0.2) is 21.2 Å². The topological polar surface area (TPSA) is 68.5 Å². The van der Waals surface area contributed by atoms with E-state index in [9.17, 15) is 4.79 Å². The summed E-state index contributed by atoms with van der Waals surface area (Å²) in [5, 5.41) is 12.1. The van der Waals surface area contributed by atoms with Crippen molar-refractivity contribution >= 4 is 17.2 Å². The molecule has 124 valence electrons. The van der Waals surface area contributed by atoms with Crippen LogP contribution in [0.25, 0.3) is 0 Å². The molecule has 2 atom stereocenters. The predicted molar refractivity (Wildman–Crippen MR) is 86.4 cm³/mol. The van der Waals surface area contributed by atoms with Crippen molar-refractivity contribution in [1.29, 1.82) is 0 Å². The summed E-state index contributed by atoms with van der Waals surface area (Å²) in [5.74, 6) is 1.19. The molecule has 0 bridgehead atoms. The fourth-order valence-electron chi connectivity index (χ4n) is 2.55. The quantitative estimate of drug-likeness (QED) is 0.859. The van der Waals surface area contributed by atoms with Gasteiger partial charge in [-0.05, 0) is 29.3 Å². The van der Waals surface area contributed by atoms with Gasteiger partial charge in [0.1, 0.15) is 0 Å². The van der Waals surface area contributed by atoms with Crippen LogP contribution in [0.5, 0.6) is 0 Å². The van der Waals surface area contributed by atoms with Crippen LogP contribution >= 0.6 is 11.3 Å². The van der Waals surface area contributed by atoms with Crippen molar-refractivity contribution in [1.82, 2.24) is 15.1 Å². The monoisotopic (exact) mass is 335 g/mol. The first-order chi connectivity index (χ1) is 11.1. The van der Waals surface area contributed by atoms with Gasteiger partial charge in [0.25, 0.3) is 0 Å². The molecule has 2 aromatic rings. The Morgan fingerprint density at radius 2 is 2.22 bits per heavy atom. The third-order valence-electron chi connectivity index (χ3n) is 4.02. The van der Waals surface area contributed by atoms with E-state index in [1.54, 1.807) is 11.3 Å². The van der Waals surface area contributed by atoms with Gasteiger partial charge in [-0.2, -0.15) is 11.3 Å². The van der Waals surface area contributed by atoms with E-state index in [1.165, 1.54) is 0 Å². The highest BCUT2D eigenvalue weighted by Crippen LogP contribution is 2.26. The Morgan fingerprint density at radius 3 is 2.87 bits per heavy atom. The molecule has 0 saturated carbocycles. The van der Waals surface area contributed by atoms with Gasteiger partial charge >= 0.3 is 0 Å². The minimum absolute atomic E-state index is 0.111. The van der Waals surface area contributed by atoms with Crippen molar-refractivity contribution in [3.63, 3.8) is 0 Å². The summed E-state index contributed by atoms with van der Waals surface area (Å²) in [6.07, 6.45) is -0.345. The number of carbonyl (C=O) groups is 1. The molecule has 3 heterocycles. The molecular weight excluding hydrogens is 314 g/mol. The molecule has 1 saturated heterocycles. The van der Waals surface area contributed by atoms with E-state index in [1.807, 2.05) is 42.5 Å². The summed E-state index contributed by atoms with van der Waals surface area (Å²) < 4.78 is 11.4. The lowest BCUT2D eigenvalue weighted by molar-refractivity contribution is -0.141. The van der Waals surface area contributed by atoms with Gasteiger partial charge in [-0.25, -0.2) is 0 Å². The van der Waals surface area contributed by atoms with Crippen molar-refractivity contribution in [2.75, 3.05) is 19.7 Å². The summed E-state index contributed by atoms with van der Waals surface area (Å²) in [6.45, 7) is 7.46. The molecule has 2 aromatic heterocycles. The zero-order chi connectivity index (χ0) is 16.4. The van der Waals surface area contributed by atoms with Crippen LogP contribution in [0.4, 0.5) is 0 Å². The molecule has 1 amide bonds. The van der Waals surface area contributed by atoms with Crippen molar-refractivity contribution in [2.45, 2.75) is 38.7 Å². The standard InChI is InChI=1S/C16H21N3O3S/c1-10(2)14-17-18-15(22-14)13-8-19(5-6-21-13)16(20)11(3)12-4-7-23-9-12/h4,7,9-11,13H,5-6,8H2,1-3H3/t11-,13+/m1/s1. The van der Waals surface area contributed by atoms with Crippen LogP contribution in [-0.2, 0) is 9.53 Å². The van der Waals surface area contributed by atoms with Gasteiger partial charge in [-0.1, -0.05) is 13.8 Å². The first kappa shape index (κ1) is 16.1. The lowest BCUT2D eigenvalue weighted by atomic mass is 10.0. The Labute approximate surface area is 139 Å². The van der Waals surface area contributed by atoms with E-state index in [-0.39, 0.29) is 23.8 Å². The zero-order valence-corrected chi connectivity index (χ0v) is 14.4. The highest BCUT2D eigenvalue weighted by molar-refractivity contribution is 7.08. The summed E-state index contributed by atoms with van der Waals surface area (Å²) in [7, 11) is 0. The lowest BCUT2D eigenvalue weighted by Gasteiger charge is -2.33. The van der Waals surface area contributed by atoms with Crippen LogP contribution in [0, 0.1) is 0 Å². The molecule has 0 aromatic carbocycles. The number of amides is 1. The maximum Gasteiger partial charge on any atom is 0.247 e. The molecule has 1 fully saturated rings. The van der Waals surface area contributed by atoms with Gasteiger partial charge in [-0.3, -0.25) is 4.79 Å². The van der Waals surface area contributed by atoms with Crippen LogP contribution in [0.1, 0.15) is 56.1 Å². The van der Waals surface area contributed by atoms with Gasteiger partial charge in [-0.15, -0.1) is 10.2 Å². The minimum atomic E-state index is -0.345. The van der Waals surface area contributed by atoms with Crippen molar-refractivity contribution in [3.05, 3.63) is 34.2 Å². The third-order valence-corrected chi connectivity index (χ3v) is 4.72. The lowest BCUT2D eigenvalue weighted by Crippen LogP contribution is -2.44. The van der Waals surface area contributed by atoms with Crippen LogP contribution in [0.3, 0.4) is 0 Å². The molecule has 6 nitrogen and oxygen atoms in total. The van der Waals surface area contributed by atoms with Gasteiger partial charge in [0.05, 0.1) is 19.1 Å². The molecule has 1 aliphatic rings. The Balaban J connectivity index is 1.69. The Bertz CT molecular complexity index is 653. The second kappa shape index (κ2) is 6.80. The molecule has 23 heavy (non-hydrogen) atoms. The fourth-order valence-corrected chi connectivity index (χ4v) is 3.30. The summed E-state index contributed by atoms with van der Waals surface area (Å²) in [6, 6.07) is 2.00. The van der Waals surface area contributed by atoms with E-state index in [0.717, 1.165) is 5.56 Å². The maximum atomic E-state index is 12.7. The number of rotatable bonds is 4. The Kier molecular flexibility index (Phi) is 4.77. The number of aromatic nitrogens is 2. The number of hydrogen-bond donors (Lipinski definition) is 0. The molecule has 1 aliphatic heterocycles. The predicted octanol–water partition coefficient (Wildman–Crippen LogP) is 2.96. The van der Waals surface area contributed by atoms with E-state index in [0.29, 0.717) is 31.5 Å². The highest BCUT2D eigenvalue weighted by Gasteiger charge is 2.31. The average molecular weight is 335 g/mol. The normalized spacial score (nSPS) is 20.0. The minimum Gasteiger partial charge on any atom is -0.422 e. The molecule has 0 spiro atoms. The van der Waals surface area contributed by atoms with Crippen molar-refractivity contribution < 1.29 is 13.9 Å². The highest BCUT2D eigenvalue weighted by atomic mass is 32.1. The summed E-state index contributed by atoms with van der Waals surface area (Å²) in [4.78, 5) is 14.5. The van der Waals surface area contributed by atoms with E-state index in [2.05, 4.69) is 10.2 Å².